The summed E-state index contributed by atoms with van der Waals surface area (Å²) < 4.78 is 5.73. The zero-order chi connectivity index (χ0) is 20.6. The van der Waals surface area contributed by atoms with Gasteiger partial charge in [-0.05, 0) is 87.8 Å². The Morgan fingerprint density at radius 1 is 1.28 bits per heavy atom. The first-order valence-corrected chi connectivity index (χ1v) is 11.7. The fraction of sp³-hybridized carbons (Fsp3) is 0.696. The number of hydrogen-bond acceptors (Lipinski definition) is 3. The highest BCUT2D eigenvalue weighted by Gasteiger charge is 2.54. The minimum absolute atomic E-state index is 0.205. The van der Waals surface area contributed by atoms with Crippen LogP contribution in [0.5, 0.6) is 5.75 Å². The molecule has 0 heterocycles. The number of ether oxygens (including phenoxy) is 1. The molecule has 3 fully saturated rings. The first-order chi connectivity index (χ1) is 13.9. The van der Waals surface area contributed by atoms with Gasteiger partial charge in [-0.15, -0.1) is 0 Å². The Kier molecular flexibility index (Phi) is 6.34. The Balaban J connectivity index is 1.32. The van der Waals surface area contributed by atoms with Gasteiger partial charge in [0.15, 0.2) is 0 Å². The molecule has 0 saturated heterocycles. The van der Waals surface area contributed by atoms with Crippen LogP contribution in [0.15, 0.2) is 18.2 Å². The minimum Gasteiger partial charge on any atom is -0.492 e. The number of fused-ring (bicyclic) bond motifs is 2. The predicted molar refractivity (Wildman–Crippen MR) is 115 cm³/mol. The van der Waals surface area contributed by atoms with E-state index in [-0.39, 0.29) is 11.9 Å². The molecule has 3 aliphatic rings. The van der Waals surface area contributed by atoms with Crippen molar-refractivity contribution in [3.63, 3.8) is 0 Å². The lowest BCUT2D eigenvalue weighted by atomic mass is 9.77. The van der Waals surface area contributed by atoms with E-state index in [9.17, 15) is 9.90 Å². The predicted octanol–water partition coefficient (Wildman–Crippen LogP) is 5.33. The summed E-state index contributed by atoms with van der Waals surface area (Å²) in [6.07, 6.45) is 7.37. The van der Waals surface area contributed by atoms with E-state index in [2.05, 4.69) is 11.8 Å². The number of carbonyl (C=O) groups excluding carboxylic acids is 1. The third-order valence-corrected chi connectivity index (χ3v) is 7.81. The molecule has 3 bridgehead atoms. The van der Waals surface area contributed by atoms with E-state index in [1.54, 1.807) is 18.2 Å². The largest absolute Gasteiger partial charge is 0.492 e. The molecule has 160 valence electrons. The van der Waals surface area contributed by atoms with E-state index in [4.69, 9.17) is 27.9 Å². The number of benzene rings is 1. The molecule has 0 aliphatic heterocycles. The molecule has 3 saturated carbocycles. The van der Waals surface area contributed by atoms with Crippen LogP contribution >= 0.6 is 23.2 Å². The van der Waals surface area contributed by atoms with Gasteiger partial charge < -0.3 is 14.7 Å². The average Bonchev–Trinajstić information content (AvgIpc) is 2.84. The Labute approximate surface area is 183 Å². The van der Waals surface area contributed by atoms with E-state index in [0.29, 0.717) is 53.0 Å². The number of carbonyl (C=O) groups is 1. The first-order valence-electron chi connectivity index (χ1n) is 11.0. The molecule has 5 atom stereocenters. The van der Waals surface area contributed by atoms with E-state index < -0.39 is 5.60 Å². The zero-order valence-electron chi connectivity index (χ0n) is 17.1. The molecule has 5 unspecified atom stereocenters. The topological polar surface area (TPSA) is 49.8 Å². The van der Waals surface area contributed by atoms with Crippen molar-refractivity contribution in [2.24, 2.45) is 17.8 Å². The highest BCUT2D eigenvalue weighted by Crippen LogP contribution is 2.56. The van der Waals surface area contributed by atoms with Crippen molar-refractivity contribution in [1.82, 2.24) is 4.90 Å². The molecule has 3 aliphatic carbocycles. The molecule has 0 aromatic heterocycles. The fourth-order valence-corrected chi connectivity index (χ4v) is 6.68. The third kappa shape index (κ3) is 4.55. The molecular formula is C23H31Cl2NO3. The maximum absolute atomic E-state index is 13.0. The van der Waals surface area contributed by atoms with Crippen LogP contribution in [-0.2, 0) is 4.79 Å². The number of halogens is 2. The highest BCUT2D eigenvalue weighted by atomic mass is 35.5. The van der Waals surface area contributed by atoms with Crippen LogP contribution in [0.3, 0.4) is 0 Å². The van der Waals surface area contributed by atoms with Gasteiger partial charge >= 0.3 is 0 Å². The number of hydrogen-bond donors (Lipinski definition) is 1. The summed E-state index contributed by atoms with van der Waals surface area (Å²) >= 11 is 12.0. The number of amides is 1. The molecule has 1 aromatic carbocycles. The summed E-state index contributed by atoms with van der Waals surface area (Å²) in [5, 5.41) is 12.0. The van der Waals surface area contributed by atoms with Gasteiger partial charge in [-0.25, -0.2) is 0 Å². The lowest BCUT2D eigenvalue weighted by Crippen LogP contribution is -2.45. The van der Waals surface area contributed by atoms with Gasteiger partial charge in [0.05, 0.1) is 17.2 Å². The zero-order valence-corrected chi connectivity index (χ0v) is 18.6. The summed E-state index contributed by atoms with van der Waals surface area (Å²) in [6.45, 7) is 3.26. The minimum atomic E-state index is -0.467. The van der Waals surface area contributed by atoms with E-state index >= 15 is 0 Å². The van der Waals surface area contributed by atoms with Gasteiger partial charge in [0.1, 0.15) is 5.75 Å². The maximum atomic E-state index is 13.0. The smallest absolute Gasteiger partial charge is 0.222 e. The molecule has 0 spiro atoms. The van der Waals surface area contributed by atoms with Crippen LogP contribution in [0.25, 0.3) is 0 Å². The van der Waals surface area contributed by atoms with Gasteiger partial charge in [0, 0.05) is 24.0 Å². The van der Waals surface area contributed by atoms with E-state index in [1.165, 1.54) is 6.42 Å². The van der Waals surface area contributed by atoms with Crippen molar-refractivity contribution in [2.45, 2.75) is 69.9 Å². The standard InChI is InChI=1S/C23H31Cl2NO3/c1-2-26(20-7-5-15-10-16-13-23(28,12-15)14-18(16)20)22(27)4-3-9-29-21-8-6-17(24)11-19(21)25/h6,8,11,15-16,18,20,28H,2-5,7,9-10,12-14H2,1H3. The Morgan fingerprint density at radius 3 is 2.86 bits per heavy atom. The highest BCUT2D eigenvalue weighted by molar-refractivity contribution is 6.35. The van der Waals surface area contributed by atoms with Crippen LogP contribution < -0.4 is 4.74 Å². The Bertz CT molecular complexity index is 758. The van der Waals surface area contributed by atoms with Crippen LogP contribution in [0.1, 0.15) is 58.3 Å². The quantitative estimate of drug-likeness (QED) is 0.583. The molecule has 0 radical (unpaired) electrons. The van der Waals surface area contributed by atoms with Crippen LogP contribution in [0.4, 0.5) is 0 Å². The lowest BCUT2D eigenvalue weighted by molar-refractivity contribution is -0.135. The number of rotatable bonds is 7. The van der Waals surface area contributed by atoms with Crippen LogP contribution in [-0.4, -0.2) is 40.7 Å². The fourth-order valence-electron chi connectivity index (χ4n) is 6.22. The third-order valence-electron chi connectivity index (χ3n) is 7.28. The normalized spacial score (nSPS) is 32.8. The molecule has 29 heavy (non-hydrogen) atoms. The van der Waals surface area contributed by atoms with Gasteiger partial charge in [-0.2, -0.15) is 0 Å². The van der Waals surface area contributed by atoms with Crippen molar-refractivity contribution in [3.05, 3.63) is 28.2 Å². The van der Waals surface area contributed by atoms with Crippen molar-refractivity contribution in [1.29, 1.82) is 0 Å². The Hall–Kier alpha value is -0.970. The monoisotopic (exact) mass is 439 g/mol. The second-order valence-electron chi connectivity index (χ2n) is 9.21. The van der Waals surface area contributed by atoms with Crippen LogP contribution in [0.2, 0.25) is 10.0 Å². The molecule has 1 amide bonds. The Morgan fingerprint density at radius 2 is 2.10 bits per heavy atom. The summed E-state index contributed by atoms with van der Waals surface area (Å²) in [5.41, 5.74) is -0.467. The first kappa shape index (κ1) is 21.3. The number of aliphatic hydroxyl groups is 1. The second-order valence-corrected chi connectivity index (χ2v) is 10.1. The summed E-state index contributed by atoms with van der Waals surface area (Å²) in [5.74, 6) is 2.49. The van der Waals surface area contributed by atoms with E-state index in [1.807, 2.05) is 0 Å². The summed E-state index contributed by atoms with van der Waals surface area (Å²) in [7, 11) is 0. The van der Waals surface area contributed by atoms with Crippen molar-refractivity contribution in [2.75, 3.05) is 13.2 Å². The van der Waals surface area contributed by atoms with E-state index in [0.717, 1.165) is 38.6 Å². The number of nitrogens with zero attached hydrogens (tertiary/aromatic N) is 1. The second kappa shape index (κ2) is 8.64. The van der Waals surface area contributed by atoms with Crippen LogP contribution in [0, 0.1) is 17.8 Å². The van der Waals surface area contributed by atoms with Crippen molar-refractivity contribution < 1.29 is 14.6 Å². The molecule has 1 N–H and O–H groups in total. The summed E-state index contributed by atoms with van der Waals surface area (Å²) in [4.78, 5) is 15.1. The molecule has 4 nitrogen and oxygen atoms in total. The SMILES string of the molecule is CCN(C(=O)CCCOc1ccc(Cl)cc1Cl)C1CCC2CC3CC(O)(C2)CC31. The molecule has 4 rings (SSSR count). The van der Waals surface area contributed by atoms with Gasteiger partial charge in [0.2, 0.25) is 5.91 Å². The van der Waals surface area contributed by atoms with Gasteiger partial charge in [-0.3, -0.25) is 4.79 Å². The molecule has 6 heteroatoms. The van der Waals surface area contributed by atoms with Crippen molar-refractivity contribution in [3.8, 4) is 5.75 Å². The summed E-state index contributed by atoms with van der Waals surface area (Å²) in [6, 6.07) is 5.44. The maximum Gasteiger partial charge on any atom is 0.222 e. The average molecular weight is 440 g/mol. The lowest BCUT2D eigenvalue weighted by Gasteiger charge is -2.37. The van der Waals surface area contributed by atoms with Gasteiger partial charge in [0.25, 0.3) is 0 Å². The molecule has 1 aromatic rings. The van der Waals surface area contributed by atoms with Gasteiger partial charge in [-0.1, -0.05) is 23.2 Å². The van der Waals surface area contributed by atoms with Crippen molar-refractivity contribution >= 4 is 29.1 Å². The molecular weight excluding hydrogens is 409 g/mol.